The topological polar surface area (TPSA) is 69.9 Å². The molecule has 0 spiro atoms. The molecule has 0 bridgehead atoms. The number of aromatic nitrogens is 1. The van der Waals surface area contributed by atoms with Gasteiger partial charge in [-0.3, -0.25) is 9.36 Å². The van der Waals surface area contributed by atoms with Crippen molar-refractivity contribution in [1.82, 2.24) is 4.57 Å². The first kappa shape index (κ1) is 28.7. The maximum absolute atomic E-state index is 14.0. The second kappa shape index (κ2) is 12.5. The summed E-state index contributed by atoms with van der Waals surface area (Å²) in [5.41, 5.74) is 3.44. The Morgan fingerprint density at radius 3 is 2.47 bits per heavy atom. The Morgan fingerprint density at radius 2 is 1.69 bits per heavy atom. The molecular formula is C37H28N2O4S2. The minimum Gasteiger partial charge on any atom is -0.489 e. The first-order valence-electron chi connectivity index (χ1n) is 14.6. The number of thiophene rings is 1. The Balaban J connectivity index is 1.25. The van der Waals surface area contributed by atoms with E-state index < -0.39 is 12.0 Å². The van der Waals surface area contributed by atoms with Crippen molar-refractivity contribution in [3.8, 4) is 5.75 Å². The Hall–Kier alpha value is -5.05. The van der Waals surface area contributed by atoms with Crippen LogP contribution < -0.4 is 19.6 Å². The van der Waals surface area contributed by atoms with Gasteiger partial charge < -0.3 is 9.47 Å². The van der Waals surface area contributed by atoms with Crippen molar-refractivity contribution in [2.24, 2.45) is 4.99 Å². The number of carbonyl (C=O) groups is 1. The van der Waals surface area contributed by atoms with E-state index in [9.17, 15) is 9.59 Å². The summed E-state index contributed by atoms with van der Waals surface area (Å²) in [4.78, 5) is 33.8. The third-order valence-electron chi connectivity index (χ3n) is 7.64. The molecule has 0 aliphatic carbocycles. The molecular weight excluding hydrogens is 601 g/mol. The number of hydrogen-bond acceptors (Lipinski definition) is 7. The fourth-order valence-electron chi connectivity index (χ4n) is 5.55. The molecule has 0 amide bonds. The molecule has 0 radical (unpaired) electrons. The Morgan fingerprint density at radius 1 is 0.911 bits per heavy atom. The van der Waals surface area contributed by atoms with Crippen LogP contribution in [0.15, 0.2) is 130 Å². The van der Waals surface area contributed by atoms with Gasteiger partial charge in [0.15, 0.2) is 4.80 Å². The second-order valence-electron chi connectivity index (χ2n) is 10.4. The van der Waals surface area contributed by atoms with E-state index >= 15 is 0 Å². The van der Waals surface area contributed by atoms with Crippen LogP contribution in [0.1, 0.15) is 34.5 Å². The SMILES string of the molecule is CCOC(=O)C1=C(c2ccccc2)N=c2s/c(=C/c3ccc(OCc4cccc5ccccc45)cc3)c(=O)n2C1c1cccs1. The van der Waals surface area contributed by atoms with Crippen LogP contribution in [0.2, 0.25) is 0 Å². The van der Waals surface area contributed by atoms with Crippen molar-refractivity contribution in [1.29, 1.82) is 0 Å². The van der Waals surface area contributed by atoms with E-state index in [1.54, 1.807) is 11.5 Å². The smallest absolute Gasteiger partial charge is 0.338 e. The van der Waals surface area contributed by atoms with Crippen LogP contribution in [0.3, 0.4) is 0 Å². The third kappa shape index (κ3) is 5.66. The Bertz CT molecular complexity index is 2210. The molecule has 6 aromatic rings. The van der Waals surface area contributed by atoms with E-state index in [4.69, 9.17) is 14.5 Å². The molecule has 6 nitrogen and oxygen atoms in total. The van der Waals surface area contributed by atoms with Gasteiger partial charge in [-0.1, -0.05) is 102 Å². The van der Waals surface area contributed by atoms with Crippen molar-refractivity contribution >= 4 is 51.2 Å². The monoisotopic (exact) mass is 628 g/mol. The number of thiazole rings is 1. The maximum Gasteiger partial charge on any atom is 0.338 e. The summed E-state index contributed by atoms with van der Waals surface area (Å²) in [6.45, 7) is 2.44. The molecule has 1 atom stereocenters. The molecule has 4 aromatic carbocycles. The van der Waals surface area contributed by atoms with Gasteiger partial charge in [-0.15, -0.1) is 11.3 Å². The predicted molar refractivity (Wildman–Crippen MR) is 180 cm³/mol. The van der Waals surface area contributed by atoms with Gasteiger partial charge in [0.05, 0.1) is 22.4 Å². The van der Waals surface area contributed by atoms with Crippen LogP contribution in [-0.2, 0) is 16.1 Å². The van der Waals surface area contributed by atoms with Crippen LogP contribution in [0.4, 0.5) is 0 Å². The van der Waals surface area contributed by atoms with Crippen LogP contribution in [0, 0.1) is 0 Å². The summed E-state index contributed by atoms with van der Waals surface area (Å²) in [6, 6.07) is 35.0. The van der Waals surface area contributed by atoms with E-state index in [-0.39, 0.29) is 12.2 Å². The van der Waals surface area contributed by atoms with Gasteiger partial charge in [0.1, 0.15) is 18.4 Å². The third-order valence-corrected chi connectivity index (χ3v) is 9.55. The number of benzene rings is 4. The van der Waals surface area contributed by atoms with Crippen molar-refractivity contribution < 1.29 is 14.3 Å². The molecule has 3 heterocycles. The fourth-order valence-corrected chi connectivity index (χ4v) is 7.37. The highest BCUT2D eigenvalue weighted by Crippen LogP contribution is 2.36. The number of carbonyl (C=O) groups excluding carboxylic acids is 1. The molecule has 1 aliphatic rings. The lowest BCUT2D eigenvalue weighted by Crippen LogP contribution is -2.39. The fraction of sp³-hybridized carbons (Fsp3) is 0.108. The average Bonchev–Trinajstić information content (AvgIpc) is 3.72. The normalized spacial score (nSPS) is 14.7. The van der Waals surface area contributed by atoms with Crippen LogP contribution in [0.5, 0.6) is 5.75 Å². The van der Waals surface area contributed by atoms with E-state index in [1.165, 1.54) is 33.4 Å². The summed E-state index contributed by atoms with van der Waals surface area (Å²) >= 11 is 2.81. The van der Waals surface area contributed by atoms with Crippen molar-refractivity contribution in [2.45, 2.75) is 19.6 Å². The minimum absolute atomic E-state index is 0.206. The lowest BCUT2D eigenvalue weighted by Gasteiger charge is -2.24. The number of ether oxygens (including phenoxy) is 2. The largest absolute Gasteiger partial charge is 0.489 e. The molecule has 8 heteroatoms. The highest BCUT2D eigenvalue weighted by atomic mass is 32.1. The average molecular weight is 629 g/mol. The van der Waals surface area contributed by atoms with Gasteiger partial charge in [-0.2, -0.15) is 0 Å². The van der Waals surface area contributed by atoms with Gasteiger partial charge >= 0.3 is 5.97 Å². The minimum atomic E-state index is -0.650. The highest BCUT2D eigenvalue weighted by molar-refractivity contribution is 7.10. The zero-order valence-corrected chi connectivity index (χ0v) is 26.0. The number of hydrogen-bond donors (Lipinski definition) is 0. The second-order valence-corrected chi connectivity index (χ2v) is 12.4. The Kier molecular flexibility index (Phi) is 7.98. The Labute approximate surface area is 267 Å². The number of esters is 1. The van der Waals surface area contributed by atoms with Crippen molar-refractivity contribution in [2.75, 3.05) is 6.61 Å². The standard InChI is InChI=1S/C37H28N2O4S2/c1-2-42-36(41)32-33(26-11-4-3-5-12-26)38-37-39(34(32)30-16-9-21-44-30)35(40)31(45-37)22-24-17-19-28(20-18-24)43-23-27-14-8-13-25-10-6-7-15-29(25)27/h3-22,34H,2,23H2,1H3/b31-22+. The molecule has 0 saturated carbocycles. The van der Waals surface area contributed by atoms with E-state index in [0.717, 1.165) is 27.3 Å². The highest BCUT2D eigenvalue weighted by Gasteiger charge is 2.35. The number of fused-ring (bicyclic) bond motifs is 2. The van der Waals surface area contributed by atoms with Crippen LogP contribution >= 0.6 is 22.7 Å². The number of rotatable bonds is 8. The molecule has 45 heavy (non-hydrogen) atoms. The first-order chi connectivity index (χ1) is 22.1. The summed E-state index contributed by atoms with van der Waals surface area (Å²) in [5.74, 6) is 0.262. The van der Waals surface area contributed by atoms with Gasteiger partial charge in [0.25, 0.3) is 5.56 Å². The predicted octanol–water partition coefficient (Wildman–Crippen LogP) is 6.73. The quantitative estimate of drug-likeness (QED) is 0.175. The summed E-state index contributed by atoms with van der Waals surface area (Å²) in [7, 11) is 0. The van der Waals surface area contributed by atoms with E-state index in [0.29, 0.717) is 27.2 Å². The van der Waals surface area contributed by atoms with Crippen LogP contribution in [0.25, 0.3) is 22.5 Å². The van der Waals surface area contributed by atoms with Crippen molar-refractivity contribution in [3.05, 3.63) is 161 Å². The van der Waals surface area contributed by atoms with Gasteiger partial charge in [-0.25, -0.2) is 9.79 Å². The summed E-state index contributed by atoms with van der Waals surface area (Å²) in [6.07, 6.45) is 1.86. The molecule has 1 aliphatic heterocycles. The van der Waals surface area contributed by atoms with Gasteiger partial charge in [0, 0.05) is 10.4 Å². The molecule has 2 aromatic heterocycles. The summed E-state index contributed by atoms with van der Waals surface area (Å²) in [5, 5.41) is 4.30. The van der Waals surface area contributed by atoms with Crippen LogP contribution in [-0.4, -0.2) is 17.1 Å². The first-order valence-corrected chi connectivity index (χ1v) is 16.3. The zero-order chi connectivity index (χ0) is 30.8. The lowest BCUT2D eigenvalue weighted by atomic mass is 9.97. The zero-order valence-electron chi connectivity index (χ0n) is 24.4. The maximum atomic E-state index is 14.0. The number of nitrogens with zero attached hydrogens (tertiary/aromatic N) is 2. The molecule has 1 unspecified atom stereocenters. The lowest BCUT2D eigenvalue weighted by molar-refractivity contribution is -0.138. The van der Waals surface area contributed by atoms with Gasteiger partial charge in [0.2, 0.25) is 0 Å². The van der Waals surface area contributed by atoms with Crippen molar-refractivity contribution in [3.63, 3.8) is 0 Å². The molecule has 7 rings (SSSR count). The molecule has 0 N–H and O–H groups in total. The summed E-state index contributed by atoms with van der Waals surface area (Å²) < 4.78 is 13.8. The van der Waals surface area contributed by atoms with E-state index in [1.807, 2.05) is 96.4 Å². The molecule has 222 valence electrons. The van der Waals surface area contributed by atoms with E-state index in [2.05, 4.69) is 24.3 Å². The molecule has 0 saturated heterocycles. The van der Waals surface area contributed by atoms with Gasteiger partial charge in [-0.05, 0) is 58.5 Å². The molecule has 0 fully saturated rings.